The minimum atomic E-state index is 0.140. The summed E-state index contributed by atoms with van der Waals surface area (Å²) in [5, 5.41) is 0. The molecular formula is C27H32O2. The highest BCUT2D eigenvalue weighted by molar-refractivity contribution is 5.34. The first-order valence-corrected chi connectivity index (χ1v) is 10.6. The van der Waals surface area contributed by atoms with E-state index in [4.69, 9.17) is 9.47 Å². The van der Waals surface area contributed by atoms with Crippen LogP contribution in [0.15, 0.2) is 78.9 Å². The van der Waals surface area contributed by atoms with Crippen LogP contribution < -0.4 is 9.47 Å². The van der Waals surface area contributed by atoms with Crippen molar-refractivity contribution in [2.24, 2.45) is 0 Å². The number of hydrogen-bond acceptors (Lipinski definition) is 2. The van der Waals surface area contributed by atoms with Gasteiger partial charge in [0.25, 0.3) is 0 Å². The third kappa shape index (κ3) is 6.39. The molecule has 152 valence electrons. The van der Waals surface area contributed by atoms with Crippen molar-refractivity contribution in [3.05, 3.63) is 90.0 Å². The van der Waals surface area contributed by atoms with Crippen LogP contribution in [0.25, 0.3) is 0 Å². The lowest BCUT2D eigenvalue weighted by Crippen LogP contribution is -2.17. The summed E-state index contributed by atoms with van der Waals surface area (Å²) < 4.78 is 11.7. The number of hydrogen-bond donors (Lipinski definition) is 0. The van der Waals surface area contributed by atoms with Crippen molar-refractivity contribution < 1.29 is 9.47 Å². The highest BCUT2D eigenvalue weighted by atomic mass is 16.5. The van der Waals surface area contributed by atoms with Crippen LogP contribution >= 0.6 is 0 Å². The molecule has 2 heteroatoms. The zero-order chi connectivity index (χ0) is 20.5. The van der Waals surface area contributed by atoms with Crippen LogP contribution in [0.4, 0.5) is 0 Å². The van der Waals surface area contributed by atoms with Crippen LogP contribution in [0.1, 0.15) is 51.2 Å². The Hall–Kier alpha value is -2.74. The van der Waals surface area contributed by atoms with Crippen LogP contribution in [0.5, 0.6) is 17.2 Å². The second kappa shape index (κ2) is 10.2. The lowest BCUT2D eigenvalue weighted by molar-refractivity contribution is 0.317. The molecule has 29 heavy (non-hydrogen) atoms. The van der Waals surface area contributed by atoms with Crippen LogP contribution in [0.2, 0.25) is 0 Å². The summed E-state index contributed by atoms with van der Waals surface area (Å²) in [5.74, 6) is 2.73. The van der Waals surface area contributed by atoms with Gasteiger partial charge in [0.15, 0.2) is 0 Å². The molecule has 0 heterocycles. The summed E-state index contributed by atoms with van der Waals surface area (Å²) in [5.41, 5.74) is 2.82. The Morgan fingerprint density at radius 3 is 2.21 bits per heavy atom. The van der Waals surface area contributed by atoms with E-state index in [1.165, 1.54) is 11.1 Å². The molecule has 0 amide bonds. The molecule has 0 radical (unpaired) electrons. The van der Waals surface area contributed by atoms with Gasteiger partial charge in [0, 0.05) is 0 Å². The fraction of sp³-hybridized carbons (Fsp3) is 0.333. The maximum absolute atomic E-state index is 5.96. The fourth-order valence-corrected chi connectivity index (χ4v) is 3.49. The van der Waals surface area contributed by atoms with Gasteiger partial charge in [-0.3, -0.25) is 0 Å². The molecule has 0 fully saturated rings. The van der Waals surface area contributed by atoms with Gasteiger partial charge >= 0.3 is 0 Å². The van der Waals surface area contributed by atoms with Crippen molar-refractivity contribution in [2.75, 3.05) is 6.61 Å². The zero-order valence-corrected chi connectivity index (χ0v) is 17.9. The Morgan fingerprint density at radius 2 is 1.48 bits per heavy atom. The van der Waals surface area contributed by atoms with Crippen molar-refractivity contribution >= 4 is 0 Å². The maximum Gasteiger partial charge on any atom is 0.127 e. The first-order chi connectivity index (χ1) is 14.1. The van der Waals surface area contributed by atoms with Gasteiger partial charge in [0.1, 0.15) is 17.2 Å². The van der Waals surface area contributed by atoms with E-state index in [-0.39, 0.29) is 5.41 Å². The van der Waals surface area contributed by atoms with E-state index in [9.17, 15) is 0 Å². The second-order valence-corrected chi connectivity index (χ2v) is 8.17. The van der Waals surface area contributed by atoms with Crippen molar-refractivity contribution in [3.63, 3.8) is 0 Å². The van der Waals surface area contributed by atoms with Crippen LogP contribution in [0.3, 0.4) is 0 Å². The smallest absolute Gasteiger partial charge is 0.127 e. The maximum atomic E-state index is 5.96. The fourth-order valence-electron chi connectivity index (χ4n) is 3.49. The molecule has 0 saturated heterocycles. The lowest BCUT2D eigenvalue weighted by Gasteiger charge is -2.25. The first-order valence-electron chi connectivity index (χ1n) is 10.6. The Kier molecular flexibility index (Phi) is 7.35. The number of para-hydroxylation sites is 1. The monoisotopic (exact) mass is 388 g/mol. The Labute approximate surface area is 175 Å². The summed E-state index contributed by atoms with van der Waals surface area (Å²) in [7, 11) is 0. The molecule has 0 unspecified atom stereocenters. The average molecular weight is 389 g/mol. The van der Waals surface area contributed by atoms with Crippen molar-refractivity contribution in [1.82, 2.24) is 0 Å². The molecule has 0 aliphatic heterocycles. The van der Waals surface area contributed by atoms with Crippen molar-refractivity contribution in [2.45, 2.75) is 51.9 Å². The average Bonchev–Trinajstić information content (AvgIpc) is 2.73. The number of rotatable bonds is 10. The molecule has 0 aliphatic rings. The predicted octanol–water partition coefficient (Wildman–Crippen LogP) is 7.57. The zero-order valence-electron chi connectivity index (χ0n) is 17.9. The predicted molar refractivity (Wildman–Crippen MR) is 121 cm³/mol. The molecule has 3 aromatic rings. The van der Waals surface area contributed by atoms with Gasteiger partial charge in [-0.05, 0) is 78.6 Å². The van der Waals surface area contributed by atoms with E-state index in [0.29, 0.717) is 0 Å². The van der Waals surface area contributed by atoms with E-state index in [1.54, 1.807) is 0 Å². The Bertz CT molecular complexity index is 867. The SMILES string of the molecule is CCCOc1ccc(C(C)(C)CCCc2cccc(Oc3ccccc3)c2)cc1. The van der Waals surface area contributed by atoms with E-state index >= 15 is 0 Å². The minimum Gasteiger partial charge on any atom is -0.494 e. The molecule has 3 rings (SSSR count). The third-order valence-corrected chi connectivity index (χ3v) is 5.25. The number of aryl methyl sites for hydroxylation is 1. The molecule has 0 bridgehead atoms. The molecule has 0 aliphatic carbocycles. The molecule has 0 spiro atoms. The van der Waals surface area contributed by atoms with Crippen molar-refractivity contribution in [3.8, 4) is 17.2 Å². The van der Waals surface area contributed by atoms with Gasteiger partial charge in [-0.25, -0.2) is 0 Å². The van der Waals surface area contributed by atoms with Gasteiger partial charge in [-0.15, -0.1) is 0 Å². The first kappa shape index (κ1) is 21.0. The van der Waals surface area contributed by atoms with Gasteiger partial charge < -0.3 is 9.47 Å². The highest BCUT2D eigenvalue weighted by Gasteiger charge is 2.20. The highest BCUT2D eigenvalue weighted by Crippen LogP contribution is 2.31. The molecular weight excluding hydrogens is 356 g/mol. The largest absolute Gasteiger partial charge is 0.494 e. The third-order valence-electron chi connectivity index (χ3n) is 5.25. The lowest BCUT2D eigenvalue weighted by atomic mass is 9.80. The molecule has 0 saturated carbocycles. The molecule has 0 aromatic heterocycles. The van der Waals surface area contributed by atoms with E-state index in [2.05, 4.69) is 63.2 Å². The van der Waals surface area contributed by atoms with Gasteiger partial charge in [0.2, 0.25) is 0 Å². The van der Waals surface area contributed by atoms with Gasteiger partial charge in [-0.2, -0.15) is 0 Å². The Morgan fingerprint density at radius 1 is 0.759 bits per heavy atom. The van der Waals surface area contributed by atoms with Gasteiger partial charge in [0.05, 0.1) is 6.61 Å². The van der Waals surface area contributed by atoms with E-state index < -0.39 is 0 Å². The molecule has 0 atom stereocenters. The molecule has 0 N–H and O–H groups in total. The normalized spacial score (nSPS) is 11.3. The molecule has 3 aromatic carbocycles. The summed E-state index contributed by atoms with van der Waals surface area (Å²) >= 11 is 0. The van der Waals surface area contributed by atoms with E-state index in [1.807, 2.05) is 36.4 Å². The quantitative estimate of drug-likeness (QED) is 0.356. The van der Waals surface area contributed by atoms with Crippen molar-refractivity contribution in [1.29, 1.82) is 0 Å². The Balaban J connectivity index is 1.54. The van der Waals surface area contributed by atoms with E-state index in [0.717, 1.165) is 49.5 Å². The topological polar surface area (TPSA) is 18.5 Å². The second-order valence-electron chi connectivity index (χ2n) is 8.17. The summed E-state index contributed by atoms with van der Waals surface area (Å²) in [6, 6.07) is 27.0. The van der Waals surface area contributed by atoms with Crippen LogP contribution in [-0.2, 0) is 11.8 Å². The summed E-state index contributed by atoms with van der Waals surface area (Å²) in [6.45, 7) is 7.55. The molecule has 2 nitrogen and oxygen atoms in total. The van der Waals surface area contributed by atoms with Gasteiger partial charge in [-0.1, -0.05) is 63.2 Å². The summed E-state index contributed by atoms with van der Waals surface area (Å²) in [6.07, 6.45) is 4.35. The summed E-state index contributed by atoms with van der Waals surface area (Å²) in [4.78, 5) is 0. The van der Waals surface area contributed by atoms with Crippen LogP contribution in [0, 0.1) is 0 Å². The number of benzene rings is 3. The minimum absolute atomic E-state index is 0.140. The standard InChI is InChI=1S/C27H32O2/c1-4-20-28-24-17-15-23(16-18-24)27(2,3)19-9-11-22-10-8-14-26(21-22)29-25-12-6-5-7-13-25/h5-8,10,12-18,21H,4,9,11,19-20H2,1-3H3. The van der Waals surface area contributed by atoms with Crippen LogP contribution in [-0.4, -0.2) is 6.61 Å². The number of ether oxygens (including phenoxy) is 2.